The molecular formula is C36H56N2O4. The number of esters is 2. The third kappa shape index (κ3) is 15.0. The quantitative estimate of drug-likeness (QED) is 0.0980. The summed E-state index contributed by atoms with van der Waals surface area (Å²) >= 11 is 0. The van der Waals surface area contributed by atoms with E-state index in [0.717, 1.165) is 87.0 Å². The summed E-state index contributed by atoms with van der Waals surface area (Å²) < 4.78 is 11.2. The van der Waals surface area contributed by atoms with Gasteiger partial charge in [0.15, 0.2) is 0 Å². The molecule has 0 aliphatic heterocycles. The number of rotatable bonds is 23. The lowest BCUT2D eigenvalue weighted by molar-refractivity contribution is -0.147. The van der Waals surface area contributed by atoms with Gasteiger partial charge in [-0.25, -0.2) is 0 Å². The van der Waals surface area contributed by atoms with Gasteiger partial charge in [0.1, 0.15) is 13.2 Å². The van der Waals surface area contributed by atoms with Crippen LogP contribution in [-0.2, 0) is 32.3 Å². The lowest BCUT2D eigenvalue weighted by Gasteiger charge is -2.21. The first kappa shape index (κ1) is 35.5. The van der Waals surface area contributed by atoms with Gasteiger partial charge in [0.2, 0.25) is 0 Å². The Morgan fingerprint density at radius 2 is 0.833 bits per heavy atom. The van der Waals surface area contributed by atoms with Crippen LogP contribution in [0.2, 0.25) is 0 Å². The molecule has 234 valence electrons. The molecule has 42 heavy (non-hydrogen) atoms. The van der Waals surface area contributed by atoms with Gasteiger partial charge in [-0.05, 0) is 74.1 Å². The molecule has 0 heterocycles. The van der Waals surface area contributed by atoms with E-state index in [-0.39, 0.29) is 25.2 Å². The Hall–Kier alpha value is -2.70. The van der Waals surface area contributed by atoms with Crippen molar-refractivity contribution in [2.75, 3.05) is 39.3 Å². The van der Waals surface area contributed by atoms with Crippen molar-refractivity contribution in [1.29, 1.82) is 0 Å². The second-order valence-electron chi connectivity index (χ2n) is 11.4. The first-order chi connectivity index (χ1) is 20.5. The van der Waals surface area contributed by atoms with Crippen molar-refractivity contribution in [3.05, 3.63) is 59.7 Å². The fourth-order valence-electron chi connectivity index (χ4n) is 4.85. The summed E-state index contributed by atoms with van der Waals surface area (Å²) in [5.41, 5.74) is 4.14. The molecule has 2 aromatic carbocycles. The van der Waals surface area contributed by atoms with Gasteiger partial charge < -0.3 is 9.47 Å². The van der Waals surface area contributed by atoms with E-state index in [9.17, 15) is 9.59 Å². The number of hydrogen-bond donors (Lipinski definition) is 0. The highest BCUT2D eigenvalue weighted by molar-refractivity contribution is 5.72. The molecule has 0 saturated heterocycles. The van der Waals surface area contributed by atoms with Gasteiger partial charge in [0, 0.05) is 0 Å². The molecule has 0 atom stereocenters. The minimum Gasteiger partial charge on any atom is -0.460 e. The van der Waals surface area contributed by atoms with Crippen molar-refractivity contribution < 1.29 is 19.1 Å². The fraction of sp³-hybridized carbons (Fsp3) is 0.611. The Labute approximate surface area is 255 Å². The Bertz CT molecular complexity index is 909. The van der Waals surface area contributed by atoms with Crippen LogP contribution in [0.1, 0.15) is 103 Å². The summed E-state index contributed by atoms with van der Waals surface area (Å²) in [6.07, 6.45) is 11.4. The number of carbonyl (C=O) groups is 2. The molecule has 0 unspecified atom stereocenters. The van der Waals surface area contributed by atoms with Crippen molar-refractivity contribution in [2.24, 2.45) is 0 Å². The molecule has 0 amide bonds. The van der Waals surface area contributed by atoms with E-state index in [2.05, 4.69) is 61.8 Å². The third-order valence-corrected chi connectivity index (χ3v) is 7.56. The first-order valence-corrected chi connectivity index (χ1v) is 16.4. The minimum absolute atomic E-state index is 0.159. The number of unbranched alkanes of at least 4 members (excludes halogenated alkanes) is 6. The summed E-state index contributed by atoms with van der Waals surface area (Å²) in [6.45, 7) is 13.8. The van der Waals surface area contributed by atoms with Crippen LogP contribution in [0.5, 0.6) is 0 Å². The van der Waals surface area contributed by atoms with Crippen LogP contribution in [0.15, 0.2) is 48.5 Å². The first-order valence-electron chi connectivity index (χ1n) is 16.4. The smallest absolute Gasteiger partial charge is 0.320 e. The van der Waals surface area contributed by atoms with Gasteiger partial charge in [-0.3, -0.25) is 19.4 Å². The van der Waals surface area contributed by atoms with Gasteiger partial charge in [-0.15, -0.1) is 0 Å². The lowest BCUT2D eigenvalue weighted by atomic mass is 10.0. The maximum atomic E-state index is 12.5. The van der Waals surface area contributed by atoms with Gasteiger partial charge in [0.05, 0.1) is 13.1 Å². The predicted octanol–water partition coefficient (Wildman–Crippen LogP) is 8.02. The molecule has 0 aliphatic carbocycles. The van der Waals surface area contributed by atoms with Gasteiger partial charge in [-0.2, -0.15) is 0 Å². The minimum atomic E-state index is -0.159. The molecule has 0 N–H and O–H groups in total. The van der Waals surface area contributed by atoms with E-state index >= 15 is 0 Å². The predicted molar refractivity (Wildman–Crippen MR) is 173 cm³/mol. The van der Waals surface area contributed by atoms with E-state index < -0.39 is 0 Å². The van der Waals surface area contributed by atoms with Crippen molar-refractivity contribution in [3.8, 4) is 11.1 Å². The molecule has 2 aromatic rings. The Balaban J connectivity index is 1.80. The average molecular weight is 581 g/mol. The zero-order chi connectivity index (χ0) is 30.4. The molecular weight excluding hydrogens is 524 g/mol. The van der Waals surface area contributed by atoms with Crippen molar-refractivity contribution in [2.45, 2.75) is 105 Å². The third-order valence-electron chi connectivity index (χ3n) is 7.56. The maximum absolute atomic E-state index is 12.5. The number of hydrogen-bond acceptors (Lipinski definition) is 6. The molecule has 0 spiro atoms. The zero-order valence-electron chi connectivity index (χ0n) is 26.9. The fourth-order valence-corrected chi connectivity index (χ4v) is 4.85. The highest BCUT2D eigenvalue weighted by atomic mass is 16.5. The Morgan fingerprint density at radius 3 is 1.17 bits per heavy atom. The van der Waals surface area contributed by atoms with E-state index in [1.807, 2.05) is 24.3 Å². The Morgan fingerprint density at radius 1 is 0.500 bits per heavy atom. The van der Waals surface area contributed by atoms with Crippen molar-refractivity contribution >= 4 is 11.9 Å². The molecule has 0 radical (unpaired) electrons. The second-order valence-corrected chi connectivity index (χ2v) is 11.4. The molecule has 2 rings (SSSR count). The van der Waals surface area contributed by atoms with Crippen molar-refractivity contribution in [1.82, 2.24) is 9.80 Å². The van der Waals surface area contributed by atoms with Crippen LogP contribution >= 0.6 is 0 Å². The van der Waals surface area contributed by atoms with E-state index in [1.165, 1.54) is 25.7 Å². The van der Waals surface area contributed by atoms with Crippen LogP contribution < -0.4 is 0 Å². The van der Waals surface area contributed by atoms with Crippen molar-refractivity contribution in [3.63, 3.8) is 0 Å². The number of carbonyl (C=O) groups excluding carboxylic acids is 2. The van der Waals surface area contributed by atoms with Gasteiger partial charge in [0.25, 0.3) is 0 Å². The standard InChI is InChI=1S/C36H56N2O4/c1-5-9-13-25-37(23-11-7-3)27-35(39)41-29-31-15-19-33(20-16-31)34-21-17-32(18-22-34)30-42-36(40)28-38(24-12-8-4)26-14-10-6-2/h15-22H,5-14,23-30H2,1-4H3. The van der Waals surface area contributed by atoms with E-state index in [0.29, 0.717) is 13.1 Å². The number of benzene rings is 2. The monoisotopic (exact) mass is 580 g/mol. The summed E-state index contributed by atoms with van der Waals surface area (Å²) in [4.78, 5) is 29.4. The molecule has 0 aromatic heterocycles. The van der Waals surface area contributed by atoms with Crippen LogP contribution in [0.4, 0.5) is 0 Å². The van der Waals surface area contributed by atoms with E-state index in [4.69, 9.17) is 9.47 Å². The average Bonchev–Trinajstić information content (AvgIpc) is 3.01. The van der Waals surface area contributed by atoms with Crippen LogP contribution in [0, 0.1) is 0 Å². The topological polar surface area (TPSA) is 59.1 Å². The molecule has 0 fully saturated rings. The summed E-state index contributed by atoms with van der Waals surface area (Å²) in [5.74, 6) is -0.318. The molecule has 0 saturated carbocycles. The van der Waals surface area contributed by atoms with Crippen LogP contribution in [0.25, 0.3) is 11.1 Å². The highest BCUT2D eigenvalue weighted by Crippen LogP contribution is 2.21. The van der Waals surface area contributed by atoms with Gasteiger partial charge in [-0.1, -0.05) is 115 Å². The van der Waals surface area contributed by atoms with E-state index in [1.54, 1.807) is 0 Å². The summed E-state index contributed by atoms with van der Waals surface area (Å²) in [5, 5.41) is 0. The highest BCUT2D eigenvalue weighted by Gasteiger charge is 2.13. The summed E-state index contributed by atoms with van der Waals surface area (Å²) in [6, 6.07) is 16.3. The molecule has 6 nitrogen and oxygen atoms in total. The normalized spacial score (nSPS) is 11.3. The maximum Gasteiger partial charge on any atom is 0.320 e. The molecule has 6 heteroatoms. The second kappa shape index (κ2) is 21.9. The van der Waals surface area contributed by atoms with Crippen LogP contribution in [0.3, 0.4) is 0 Å². The molecule has 0 bridgehead atoms. The largest absolute Gasteiger partial charge is 0.460 e. The number of nitrogens with zero attached hydrogens (tertiary/aromatic N) is 2. The molecule has 0 aliphatic rings. The van der Waals surface area contributed by atoms with Crippen LogP contribution in [-0.4, -0.2) is 61.0 Å². The zero-order valence-corrected chi connectivity index (χ0v) is 26.9. The lowest BCUT2D eigenvalue weighted by Crippen LogP contribution is -2.32. The number of ether oxygens (including phenoxy) is 2. The van der Waals surface area contributed by atoms with Gasteiger partial charge >= 0.3 is 11.9 Å². The SMILES string of the molecule is CCCCCN(CCCC)CC(=O)OCc1ccc(-c2ccc(COC(=O)CN(CCCC)CCCCC)cc2)cc1. The Kier molecular flexibility index (Phi) is 18.5. The summed E-state index contributed by atoms with van der Waals surface area (Å²) in [7, 11) is 0.